The molecule has 0 spiro atoms. The fourth-order valence-corrected chi connectivity index (χ4v) is 4.51. The summed E-state index contributed by atoms with van der Waals surface area (Å²) in [6.07, 6.45) is 8.48. The van der Waals surface area contributed by atoms with Gasteiger partial charge in [0.15, 0.2) is 0 Å². The van der Waals surface area contributed by atoms with Crippen molar-refractivity contribution < 1.29 is 4.79 Å². The molecule has 6 nitrogen and oxygen atoms in total. The minimum Gasteiger partial charge on any atom is -0.364 e. The molecule has 2 aromatic heterocycles. The van der Waals surface area contributed by atoms with Gasteiger partial charge < -0.3 is 9.88 Å². The monoisotopic (exact) mass is 355 g/mol. The molecule has 0 bridgehead atoms. The first kappa shape index (κ1) is 17.3. The first-order valence-corrected chi connectivity index (χ1v) is 9.67. The van der Waals surface area contributed by atoms with Gasteiger partial charge in [-0.2, -0.15) is 5.10 Å². The first-order valence-electron chi connectivity index (χ1n) is 9.67. The summed E-state index contributed by atoms with van der Waals surface area (Å²) in [7, 11) is 6.13. The van der Waals surface area contributed by atoms with E-state index in [1.807, 2.05) is 42.1 Å². The fourth-order valence-electron chi connectivity index (χ4n) is 4.51. The van der Waals surface area contributed by atoms with Gasteiger partial charge in [-0.15, -0.1) is 0 Å². The number of hydrogen-bond donors (Lipinski definition) is 1. The third kappa shape index (κ3) is 3.18. The molecule has 0 unspecified atom stereocenters. The van der Waals surface area contributed by atoms with Crippen molar-refractivity contribution in [3.05, 3.63) is 41.5 Å². The van der Waals surface area contributed by atoms with E-state index in [-0.39, 0.29) is 5.91 Å². The number of piperidine rings is 1. The Morgan fingerprint density at radius 2 is 2.12 bits per heavy atom. The molecule has 1 amide bonds. The summed E-state index contributed by atoms with van der Waals surface area (Å²) in [4.78, 5) is 20.7. The van der Waals surface area contributed by atoms with E-state index in [1.165, 1.54) is 25.0 Å². The Morgan fingerprint density at radius 1 is 1.31 bits per heavy atom. The normalized spacial score (nSPS) is 24.0. The van der Waals surface area contributed by atoms with Crippen molar-refractivity contribution in [3.63, 3.8) is 0 Å². The lowest BCUT2D eigenvalue weighted by molar-refractivity contribution is 0.0629. The lowest BCUT2D eigenvalue weighted by Gasteiger charge is -2.40. The number of aromatic amines is 1. The molecule has 1 saturated carbocycles. The number of amides is 1. The molecule has 0 radical (unpaired) electrons. The van der Waals surface area contributed by atoms with Gasteiger partial charge >= 0.3 is 0 Å². The van der Waals surface area contributed by atoms with E-state index in [4.69, 9.17) is 0 Å². The van der Waals surface area contributed by atoms with Gasteiger partial charge in [-0.1, -0.05) is 0 Å². The van der Waals surface area contributed by atoms with Gasteiger partial charge in [-0.25, -0.2) is 0 Å². The fraction of sp³-hybridized carbons (Fsp3) is 0.600. The number of H-pyrrole nitrogens is 1. The second-order valence-corrected chi connectivity index (χ2v) is 7.97. The van der Waals surface area contributed by atoms with Crippen LogP contribution in [0.15, 0.2) is 24.5 Å². The molecule has 1 aliphatic carbocycles. The van der Waals surface area contributed by atoms with Crippen LogP contribution in [0.3, 0.4) is 0 Å². The minimum atomic E-state index is 0.144. The quantitative estimate of drug-likeness (QED) is 0.897. The van der Waals surface area contributed by atoms with E-state index in [1.54, 1.807) is 0 Å². The second-order valence-electron chi connectivity index (χ2n) is 7.97. The molecule has 0 aromatic carbocycles. The summed E-state index contributed by atoms with van der Waals surface area (Å²) in [6.45, 7) is 1.86. The van der Waals surface area contributed by atoms with Crippen molar-refractivity contribution in [2.75, 3.05) is 27.2 Å². The number of carbonyl (C=O) groups is 1. The third-order valence-electron chi connectivity index (χ3n) is 6.02. The first-order chi connectivity index (χ1) is 12.6. The van der Waals surface area contributed by atoms with Crippen LogP contribution in [-0.2, 0) is 7.05 Å². The Morgan fingerprint density at radius 3 is 2.81 bits per heavy atom. The molecule has 140 valence electrons. The van der Waals surface area contributed by atoms with Gasteiger partial charge in [0, 0.05) is 38.7 Å². The SMILES string of the molecule is CN(C[C@@H]1CCCN(C)[C@H]1c1ccnn1C)C(=O)c1cc[nH]c1C1CC1. The summed E-state index contributed by atoms with van der Waals surface area (Å²) in [5.74, 6) is 1.12. The molecular weight excluding hydrogens is 326 g/mol. The van der Waals surface area contributed by atoms with Crippen molar-refractivity contribution in [1.29, 1.82) is 0 Å². The number of rotatable bonds is 5. The van der Waals surface area contributed by atoms with Crippen LogP contribution in [0.25, 0.3) is 0 Å². The zero-order valence-corrected chi connectivity index (χ0v) is 16.0. The summed E-state index contributed by atoms with van der Waals surface area (Å²) in [5, 5.41) is 4.36. The summed E-state index contributed by atoms with van der Waals surface area (Å²) >= 11 is 0. The van der Waals surface area contributed by atoms with Crippen molar-refractivity contribution in [2.24, 2.45) is 13.0 Å². The molecule has 1 aliphatic heterocycles. The Hall–Kier alpha value is -2.08. The predicted octanol–water partition coefficient (Wildman–Crippen LogP) is 2.78. The van der Waals surface area contributed by atoms with E-state index in [2.05, 4.69) is 28.1 Å². The average molecular weight is 355 g/mol. The van der Waals surface area contributed by atoms with Gasteiger partial charge in [0.1, 0.15) is 0 Å². The molecular formula is C20H29N5O. The Bertz CT molecular complexity index is 775. The lowest BCUT2D eigenvalue weighted by atomic mass is 9.86. The van der Waals surface area contributed by atoms with Crippen LogP contribution in [0.4, 0.5) is 0 Å². The zero-order chi connectivity index (χ0) is 18.3. The highest BCUT2D eigenvalue weighted by atomic mass is 16.2. The molecule has 1 saturated heterocycles. The van der Waals surface area contributed by atoms with E-state index < -0.39 is 0 Å². The maximum Gasteiger partial charge on any atom is 0.255 e. The molecule has 1 N–H and O–H groups in total. The molecule has 2 aromatic rings. The van der Waals surface area contributed by atoms with Crippen LogP contribution in [0.5, 0.6) is 0 Å². The van der Waals surface area contributed by atoms with Crippen molar-refractivity contribution in [1.82, 2.24) is 24.6 Å². The molecule has 26 heavy (non-hydrogen) atoms. The summed E-state index contributed by atoms with van der Waals surface area (Å²) in [6, 6.07) is 4.36. The number of nitrogens with one attached hydrogen (secondary N) is 1. The molecule has 3 heterocycles. The van der Waals surface area contributed by atoms with Gasteiger partial charge in [-0.05, 0) is 63.2 Å². The molecule has 2 atom stereocenters. The number of nitrogens with zero attached hydrogens (tertiary/aromatic N) is 4. The number of carbonyl (C=O) groups excluding carboxylic acids is 1. The largest absolute Gasteiger partial charge is 0.364 e. The van der Waals surface area contributed by atoms with Crippen molar-refractivity contribution in [3.8, 4) is 0 Å². The molecule has 2 fully saturated rings. The topological polar surface area (TPSA) is 57.2 Å². The lowest BCUT2D eigenvalue weighted by Crippen LogP contribution is -2.43. The number of aryl methyl sites for hydroxylation is 1. The van der Waals surface area contributed by atoms with Gasteiger partial charge in [0.05, 0.1) is 17.3 Å². The van der Waals surface area contributed by atoms with Crippen LogP contribution < -0.4 is 0 Å². The predicted molar refractivity (Wildman–Crippen MR) is 101 cm³/mol. The highest BCUT2D eigenvalue weighted by Crippen LogP contribution is 2.41. The second kappa shape index (κ2) is 6.91. The van der Waals surface area contributed by atoms with E-state index in [0.717, 1.165) is 30.8 Å². The standard InChI is InChI=1S/C20H29N5O/c1-23-12-4-5-15(19(23)17-9-11-22-25(17)3)13-24(2)20(26)16-8-10-21-18(16)14-6-7-14/h8-11,14-15,19,21H,4-7,12-13H2,1-3H3/t15-,19+/m0/s1. The van der Waals surface area contributed by atoms with Crippen LogP contribution in [0, 0.1) is 5.92 Å². The molecule has 4 rings (SSSR count). The Labute approximate surface area is 155 Å². The number of aromatic nitrogens is 3. The van der Waals surface area contributed by atoms with Crippen LogP contribution in [0.2, 0.25) is 0 Å². The molecule has 2 aliphatic rings. The van der Waals surface area contributed by atoms with Gasteiger partial charge in [0.2, 0.25) is 0 Å². The van der Waals surface area contributed by atoms with Crippen molar-refractivity contribution in [2.45, 2.75) is 37.6 Å². The Kier molecular flexibility index (Phi) is 4.61. The Balaban J connectivity index is 1.51. The highest BCUT2D eigenvalue weighted by Gasteiger charge is 2.35. The highest BCUT2D eigenvalue weighted by molar-refractivity contribution is 5.95. The van der Waals surface area contributed by atoms with Crippen LogP contribution >= 0.6 is 0 Å². The van der Waals surface area contributed by atoms with Gasteiger partial charge in [0.25, 0.3) is 5.91 Å². The maximum atomic E-state index is 13.0. The van der Waals surface area contributed by atoms with E-state index in [0.29, 0.717) is 17.9 Å². The smallest absolute Gasteiger partial charge is 0.255 e. The average Bonchev–Trinajstić information content (AvgIpc) is 3.20. The summed E-state index contributed by atoms with van der Waals surface area (Å²) in [5.41, 5.74) is 3.22. The van der Waals surface area contributed by atoms with Crippen molar-refractivity contribution >= 4 is 5.91 Å². The molecule has 6 heteroatoms. The zero-order valence-electron chi connectivity index (χ0n) is 16.0. The van der Waals surface area contributed by atoms with Crippen LogP contribution in [0.1, 0.15) is 59.4 Å². The van der Waals surface area contributed by atoms with E-state index >= 15 is 0 Å². The third-order valence-corrected chi connectivity index (χ3v) is 6.02. The number of hydrogen-bond acceptors (Lipinski definition) is 3. The minimum absolute atomic E-state index is 0.144. The summed E-state index contributed by atoms with van der Waals surface area (Å²) < 4.78 is 1.97. The van der Waals surface area contributed by atoms with E-state index in [9.17, 15) is 4.79 Å². The van der Waals surface area contributed by atoms with Crippen LogP contribution in [-0.4, -0.2) is 57.7 Å². The van der Waals surface area contributed by atoms with Gasteiger partial charge in [-0.3, -0.25) is 14.4 Å². The maximum absolute atomic E-state index is 13.0. The number of likely N-dealkylation sites (tertiary alicyclic amines) is 1.